The van der Waals surface area contributed by atoms with Gasteiger partial charge in [0.1, 0.15) is 12.2 Å². The van der Waals surface area contributed by atoms with E-state index in [9.17, 15) is 18.0 Å². The molecule has 0 unspecified atom stereocenters. The number of hydrogen-bond acceptors (Lipinski definition) is 7. The molecule has 30 heavy (non-hydrogen) atoms. The summed E-state index contributed by atoms with van der Waals surface area (Å²) in [5.74, 6) is 0.204. The number of carbonyl (C=O) groups is 1. The van der Waals surface area contributed by atoms with Crippen molar-refractivity contribution in [1.29, 1.82) is 0 Å². The van der Waals surface area contributed by atoms with Crippen LogP contribution in [0.3, 0.4) is 0 Å². The lowest BCUT2D eigenvalue weighted by molar-refractivity contribution is -0.118. The number of anilines is 2. The zero-order valence-corrected chi connectivity index (χ0v) is 17.3. The van der Waals surface area contributed by atoms with E-state index in [4.69, 9.17) is 4.74 Å². The lowest BCUT2D eigenvalue weighted by Gasteiger charge is -2.31. The van der Waals surface area contributed by atoms with Crippen molar-refractivity contribution >= 4 is 23.6 Å². The second kappa shape index (κ2) is 10.9. The van der Waals surface area contributed by atoms with Gasteiger partial charge in [-0.3, -0.25) is 9.79 Å². The van der Waals surface area contributed by atoms with Crippen LogP contribution in [0.4, 0.5) is 24.7 Å². The van der Waals surface area contributed by atoms with Crippen LogP contribution in [0.2, 0.25) is 0 Å². The molecule has 2 N–H and O–H groups in total. The molecule has 0 atom stereocenters. The average molecular weight is 428 g/mol. The Morgan fingerprint density at radius 3 is 2.80 bits per heavy atom. The predicted octanol–water partition coefficient (Wildman–Crippen LogP) is 2.71. The quantitative estimate of drug-likeness (QED) is 0.440. The van der Waals surface area contributed by atoms with Crippen molar-refractivity contribution in [3.8, 4) is 6.01 Å². The Morgan fingerprint density at radius 1 is 1.40 bits per heavy atom. The predicted molar refractivity (Wildman–Crippen MR) is 109 cm³/mol. The molecule has 1 aromatic rings. The van der Waals surface area contributed by atoms with E-state index in [0.29, 0.717) is 35.9 Å². The number of ether oxygens (including phenoxy) is 1. The third-order valence-electron chi connectivity index (χ3n) is 4.19. The summed E-state index contributed by atoms with van der Waals surface area (Å²) in [6.07, 6.45) is 0.264. The first-order valence-corrected chi connectivity index (χ1v) is 9.72. The van der Waals surface area contributed by atoms with Crippen molar-refractivity contribution < 1.29 is 22.7 Å². The molecule has 0 fully saturated rings. The van der Waals surface area contributed by atoms with Crippen LogP contribution in [0.25, 0.3) is 0 Å². The number of fused-ring (bicyclic) bond motifs is 1. The van der Waals surface area contributed by atoms with Gasteiger partial charge in [-0.1, -0.05) is 19.4 Å². The fourth-order valence-corrected chi connectivity index (χ4v) is 2.75. The summed E-state index contributed by atoms with van der Waals surface area (Å²) < 4.78 is 42.8. The maximum Gasteiger partial charge on any atom is 0.407 e. The maximum absolute atomic E-state index is 12.4. The smallest absolute Gasteiger partial charge is 0.407 e. The molecule has 0 aliphatic carbocycles. The van der Waals surface area contributed by atoms with Gasteiger partial charge in [-0.25, -0.2) is 0 Å². The molecule has 1 aromatic heterocycles. The molecule has 0 spiro atoms. The molecule has 1 aliphatic heterocycles. The zero-order chi connectivity index (χ0) is 22.1. The topological polar surface area (TPSA) is 91.7 Å². The minimum Gasteiger partial charge on any atom is -0.463 e. The minimum absolute atomic E-state index is 0.00184. The van der Waals surface area contributed by atoms with Crippen LogP contribution in [-0.2, 0) is 11.3 Å². The number of halogens is 3. The summed E-state index contributed by atoms with van der Waals surface area (Å²) in [6, 6.07) is 0.196. The second-order valence-corrected chi connectivity index (χ2v) is 6.74. The van der Waals surface area contributed by atoms with Gasteiger partial charge in [0.15, 0.2) is 5.82 Å². The van der Waals surface area contributed by atoms with Crippen LogP contribution in [0.1, 0.15) is 32.4 Å². The van der Waals surface area contributed by atoms with E-state index < -0.39 is 12.7 Å². The lowest BCUT2D eigenvalue weighted by atomic mass is 10.2. The molecule has 0 bridgehead atoms. The van der Waals surface area contributed by atoms with Crippen LogP contribution < -0.4 is 20.3 Å². The summed E-state index contributed by atoms with van der Waals surface area (Å²) in [6.45, 7) is 3.50. The first kappa shape index (κ1) is 23.6. The highest BCUT2D eigenvalue weighted by atomic mass is 19.4. The van der Waals surface area contributed by atoms with Gasteiger partial charge >= 0.3 is 12.2 Å². The van der Waals surface area contributed by atoms with Gasteiger partial charge in [0, 0.05) is 19.3 Å². The first-order chi connectivity index (χ1) is 14.3. The molecule has 2 rings (SSSR count). The Bertz CT molecular complexity index is 795. The van der Waals surface area contributed by atoms with E-state index in [-0.39, 0.29) is 25.0 Å². The van der Waals surface area contributed by atoms with Crippen LogP contribution in [-0.4, -0.2) is 61.6 Å². The summed E-state index contributed by atoms with van der Waals surface area (Å²) in [5.41, 5.74) is 1.56. The van der Waals surface area contributed by atoms with Crippen molar-refractivity contribution in [2.24, 2.45) is 4.99 Å². The van der Waals surface area contributed by atoms with Crippen LogP contribution >= 0.6 is 0 Å². The van der Waals surface area contributed by atoms with E-state index in [0.717, 1.165) is 12.8 Å². The molecule has 0 radical (unpaired) electrons. The number of allylic oxidation sites excluding steroid dienone is 1. The normalized spacial score (nSPS) is 14.8. The van der Waals surface area contributed by atoms with Crippen LogP contribution in [0.15, 0.2) is 16.6 Å². The number of unbranched alkanes of at least 4 members (excludes halogenated alkanes) is 1. The Morgan fingerprint density at radius 2 is 2.17 bits per heavy atom. The van der Waals surface area contributed by atoms with Crippen molar-refractivity contribution in [3.05, 3.63) is 17.3 Å². The third kappa shape index (κ3) is 6.97. The van der Waals surface area contributed by atoms with Gasteiger partial charge in [-0.2, -0.15) is 23.1 Å². The highest BCUT2D eigenvalue weighted by Gasteiger charge is 2.29. The number of alkyl halides is 3. The number of nitrogens with zero attached hydrogens (tertiary/aromatic N) is 4. The first-order valence-electron chi connectivity index (χ1n) is 9.72. The summed E-state index contributed by atoms with van der Waals surface area (Å²) in [7, 11) is 1.75. The summed E-state index contributed by atoms with van der Waals surface area (Å²) >= 11 is 0. The maximum atomic E-state index is 12.4. The highest BCUT2D eigenvalue weighted by molar-refractivity contribution is 6.01. The van der Waals surface area contributed by atoms with E-state index >= 15 is 0 Å². The number of aliphatic imine (C=N–C) groups is 1. The van der Waals surface area contributed by atoms with E-state index in [2.05, 4.69) is 25.6 Å². The number of nitrogens with one attached hydrogen (secondary N) is 2. The fourth-order valence-electron chi connectivity index (χ4n) is 2.75. The molecule has 0 saturated heterocycles. The number of amides is 1. The van der Waals surface area contributed by atoms with E-state index in [1.54, 1.807) is 24.9 Å². The lowest BCUT2D eigenvalue weighted by Crippen LogP contribution is -2.41. The van der Waals surface area contributed by atoms with Gasteiger partial charge < -0.3 is 20.3 Å². The monoisotopic (exact) mass is 428 g/mol. The largest absolute Gasteiger partial charge is 0.463 e. The van der Waals surface area contributed by atoms with Gasteiger partial charge in [-0.15, -0.1) is 0 Å². The molecule has 166 valence electrons. The number of carbonyl (C=O) groups excluding carboxylic acids is 1. The Balaban J connectivity index is 2.31. The van der Waals surface area contributed by atoms with Gasteiger partial charge in [0.05, 0.1) is 18.8 Å². The molecule has 0 saturated carbocycles. The van der Waals surface area contributed by atoms with Crippen molar-refractivity contribution in [3.63, 3.8) is 0 Å². The summed E-state index contributed by atoms with van der Waals surface area (Å²) in [4.78, 5) is 26.2. The Labute approximate surface area is 173 Å². The van der Waals surface area contributed by atoms with Gasteiger partial charge in [-0.05, 0) is 26.0 Å². The highest BCUT2D eigenvalue weighted by Crippen LogP contribution is 2.32. The number of hydrogen-bond donors (Lipinski definition) is 2. The SMILES string of the molecule is CC=C(C=NCC(F)(F)F)CN1CC(=O)Nc2c(CNC)nc(OCCCC)nc21. The Kier molecular flexibility index (Phi) is 8.58. The van der Waals surface area contributed by atoms with Crippen molar-refractivity contribution in [2.75, 3.05) is 43.5 Å². The van der Waals surface area contributed by atoms with E-state index in [1.807, 2.05) is 6.92 Å². The molecule has 8 nitrogen and oxygen atoms in total. The molecule has 2 heterocycles. The van der Waals surface area contributed by atoms with E-state index in [1.165, 1.54) is 6.21 Å². The zero-order valence-electron chi connectivity index (χ0n) is 17.3. The average Bonchev–Trinajstić information content (AvgIpc) is 2.67. The molecular formula is C19H27F3N6O2. The van der Waals surface area contributed by atoms with Gasteiger partial charge in [0.25, 0.3) is 0 Å². The second-order valence-electron chi connectivity index (χ2n) is 6.74. The Hall–Kier alpha value is -2.69. The molecule has 1 aliphatic rings. The standard InChI is InChI=1S/C19H27F3N6O2/c1-4-6-7-30-18-25-14(9-23-3)16-17(27-18)28(11-15(29)26-16)10-13(5-2)8-24-12-19(20,21)22/h5,8,23H,4,6-7,9-12H2,1-3H3,(H,26,29). The van der Waals surface area contributed by atoms with Crippen LogP contribution in [0.5, 0.6) is 6.01 Å². The number of rotatable bonds is 10. The van der Waals surface area contributed by atoms with Crippen molar-refractivity contribution in [2.45, 2.75) is 39.4 Å². The number of aromatic nitrogens is 2. The molecule has 0 aromatic carbocycles. The minimum atomic E-state index is -4.37. The third-order valence-corrected chi connectivity index (χ3v) is 4.19. The molecule has 11 heteroatoms. The van der Waals surface area contributed by atoms with Crippen molar-refractivity contribution in [1.82, 2.24) is 15.3 Å². The van der Waals surface area contributed by atoms with Gasteiger partial charge in [0.2, 0.25) is 5.91 Å². The fraction of sp³-hybridized carbons (Fsp3) is 0.579. The molecular weight excluding hydrogens is 401 g/mol. The van der Waals surface area contributed by atoms with Crippen LogP contribution in [0, 0.1) is 0 Å². The summed E-state index contributed by atoms with van der Waals surface area (Å²) in [5, 5.41) is 5.79. The molecule has 1 amide bonds.